The van der Waals surface area contributed by atoms with Crippen molar-refractivity contribution in [2.24, 2.45) is 11.8 Å². The van der Waals surface area contributed by atoms with Crippen LogP contribution in [-0.4, -0.2) is 54.0 Å². The highest BCUT2D eigenvalue weighted by atomic mass is 35.6. The third-order valence-electron chi connectivity index (χ3n) is 3.48. The van der Waals surface area contributed by atoms with Gasteiger partial charge in [-0.05, 0) is 11.8 Å². The number of halogens is 3. The van der Waals surface area contributed by atoms with Crippen molar-refractivity contribution in [2.75, 3.05) is 14.2 Å². The van der Waals surface area contributed by atoms with Gasteiger partial charge < -0.3 is 14.8 Å². The van der Waals surface area contributed by atoms with Gasteiger partial charge in [0.25, 0.3) is 0 Å². The smallest absolute Gasteiger partial charge is 0.328 e. The van der Waals surface area contributed by atoms with E-state index in [9.17, 15) is 14.4 Å². The zero-order valence-corrected chi connectivity index (χ0v) is 17.3. The Morgan fingerprint density at radius 1 is 0.840 bits per heavy atom. The van der Waals surface area contributed by atoms with E-state index in [-0.39, 0.29) is 11.8 Å². The van der Waals surface area contributed by atoms with E-state index in [1.165, 1.54) is 14.2 Å². The van der Waals surface area contributed by atoms with Gasteiger partial charge in [-0.15, -0.1) is 0 Å². The zero-order valence-electron chi connectivity index (χ0n) is 15.1. The summed E-state index contributed by atoms with van der Waals surface area (Å²) in [6.45, 7) is 6.94. The fourth-order valence-electron chi connectivity index (χ4n) is 2.02. The maximum absolute atomic E-state index is 12.6. The molecule has 146 valence electrons. The molecule has 0 rings (SSSR count). The van der Waals surface area contributed by atoms with Crippen LogP contribution in [0.3, 0.4) is 0 Å². The van der Waals surface area contributed by atoms with Gasteiger partial charge >= 0.3 is 11.9 Å². The Bertz CT molecular complexity index is 480. The first-order valence-corrected chi connectivity index (χ1v) is 8.78. The number of alkyl halides is 3. The molecule has 0 radical (unpaired) electrons. The van der Waals surface area contributed by atoms with E-state index in [0.717, 1.165) is 0 Å². The number of methoxy groups -OCH3 is 2. The van der Waals surface area contributed by atoms with Crippen LogP contribution in [-0.2, 0) is 23.9 Å². The van der Waals surface area contributed by atoms with Crippen molar-refractivity contribution in [1.82, 2.24) is 10.6 Å². The van der Waals surface area contributed by atoms with Crippen molar-refractivity contribution in [3.63, 3.8) is 0 Å². The molecule has 0 saturated heterocycles. The highest BCUT2D eigenvalue weighted by molar-refractivity contribution is 6.69. The molecule has 2 N–H and O–H groups in total. The first-order chi connectivity index (χ1) is 11.4. The molecule has 1 unspecified atom stereocenters. The largest absolute Gasteiger partial charge is 0.468 e. The molecule has 0 aromatic heterocycles. The fourth-order valence-corrected chi connectivity index (χ4v) is 2.51. The minimum absolute atomic E-state index is 0.239. The van der Waals surface area contributed by atoms with E-state index in [1.807, 2.05) is 0 Å². The van der Waals surface area contributed by atoms with E-state index in [0.29, 0.717) is 0 Å². The topological polar surface area (TPSA) is 93.7 Å². The maximum Gasteiger partial charge on any atom is 0.328 e. The highest BCUT2D eigenvalue weighted by Crippen LogP contribution is 2.31. The first kappa shape index (κ1) is 24.2. The second kappa shape index (κ2) is 10.4. The second-order valence-corrected chi connectivity index (χ2v) is 8.51. The lowest BCUT2D eigenvalue weighted by atomic mass is 10.0. The standard InChI is InChI=1S/C15H25Cl3N2O5/c1-7(2)9(13(22)24-5)19-11(15(16,17)18)12(21)20-10(8(3)4)14(23)25-6/h7-11,19H,1-6H3,(H,20,21)/t9?,10-,11+/m0/s1. The van der Waals surface area contributed by atoms with Crippen molar-refractivity contribution < 1.29 is 23.9 Å². The lowest BCUT2D eigenvalue weighted by molar-refractivity contribution is -0.147. The van der Waals surface area contributed by atoms with Crippen LogP contribution in [0.15, 0.2) is 0 Å². The predicted octanol–water partition coefficient (Wildman–Crippen LogP) is 1.83. The number of carbonyl (C=O) groups excluding carboxylic acids is 3. The van der Waals surface area contributed by atoms with Gasteiger partial charge in [0.1, 0.15) is 18.1 Å². The number of hydrogen-bond donors (Lipinski definition) is 2. The molecule has 0 aliphatic rings. The van der Waals surface area contributed by atoms with Crippen molar-refractivity contribution in [3.05, 3.63) is 0 Å². The van der Waals surface area contributed by atoms with Crippen LogP contribution < -0.4 is 10.6 Å². The van der Waals surface area contributed by atoms with Crippen LogP contribution in [0.5, 0.6) is 0 Å². The molecule has 25 heavy (non-hydrogen) atoms. The van der Waals surface area contributed by atoms with Crippen LogP contribution in [0.4, 0.5) is 0 Å². The van der Waals surface area contributed by atoms with Crippen LogP contribution in [0.2, 0.25) is 0 Å². The number of ether oxygens (including phenoxy) is 2. The van der Waals surface area contributed by atoms with Crippen molar-refractivity contribution in [3.8, 4) is 0 Å². The van der Waals surface area contributed by atoms with Gasteiger partial charge in [0, 0.05) is 0 Å². The number of esters is 2. The fraction of sp³-hybridized carbons (Fsp3) is 0.800. The summed E-state index contributed by atoms with van der Waals surface area (Å²) in [5, 5.41) is 5.20. The minimum atomic E-state index is -2.07. The highest BCUT2D eigenvalue weighted by Gasteiger charge is 2.43. The summed E-state index contributed by atoms with van der Waals surface area (Å²) in [7, 11) is 2.43. The van der Waals surface area contributed by atoms with E-state index in [4.69, 9.17) is 39.5 Å². The monoisotopic (exact) mass is 418 g/mol. The molecule has 1 amide bonds. The van der Waals surface area contributed by atoms with Gasteiger partial charge in [-0.3, -0.25) is 14.9 Å². The Labute approximate surface area is 163 Å². The first-order valence-electron chi connectivity index (χ1n) is 7.65. The molecule has 0 spiro atoms. The Balaban J connectivity index is 5.49. The van der Waals surface area contributed by atoms with Gasteiger partial charge in [-0.25, -0.2) is 4.79 Å². The molecule has 7 nitrogen and oxygen atoms in total. The molecule has 10 heteroatoms. The molecular weight excluding hydrogens is 395 g/mol. The Kier molecular flexibility index (Phi) is 10.1. The summed E-state index contributed by atoms with van der Waals surface area (Å²) in [5.41, 5.74) is 0. The van der Waals surface area contributed by atoms with Crippen LogP contribution >= 0.6 is 34.8 Å². The molecule has 0 aromatic carbocycles. The van der Waals surface area contributed by atoms with Crippen LogP contribution in [0.25, 0.3) is 0 Å². The molecule has 0 fully saturated rings. The number of carbonyl (C=O) groups is 3. The molecule has 3 atom stereocenters. The summed E-state index contributed by atoms with van der Waals surface area (Å²) in [4.78, 5) is 36.3. The molecular formula is C15H25Cl3N2O5. The number of amides is 1. The van der Waals surface area contributed by atoms with E-state index >= 15 is 0 Å². The van der Waals surface area contributed by atoms with Gasteiger partial charge in [0.2, 0.25) is 9.70 Å². The van der Waals surface area contributed by atoms with Gasteiger partial charge in [-0.2, -0.15) is 0 Å². The zero-order chi connectivity index (χ0) is 19.9. The minimum Gasteiger partial charge on any atom is -0.468 e. The molecule has 0 heterocycles. The SMILES string of the molecule is COC(=O)C(N[C@H](C(=O)N[C@H](C(=O)OC)C(C)C)C(Cl)(Cl)Cl)C(C)C. The average molecular weight is 420 g/mol. The molecule has 0 aliphatic heterocycles. The number of rotatable bonds is 8. The van der Waals surface area contributed by atoms with Crippen LogP contribution in [0.1, 0.15) is 27.7 Å². The lowest BCUT2D eigenvalue weighted by Crippen LogP contribution is -2.60. The van der Waals surface area contributed by atoms with Crippen molar-refractivity contribution >= 4 is 52.6 Å². The molecule has 0 aromatic rings. The Morgan fingerprint density at radius 2 is 1.24 bits per heavy atom. The van der Waals surface area contributed by atoms with E-state index in [2.05, 4.69) is 15.4 Å². The van der Waals surface area contributed by atoms with Crippen molar-refractivity contribution in [1.29, 1.82) is 0 Å². The summed E-state index contributed by atoms with van der Waals surface area (Å²) in [6, 6.07) is -3.20. The average Bonchev–Trinajstić information content (AvgIpc) is 2.49. The summed E-state index contributed by atoms with van der Waals surface area (Å²) in [6.07, 6.45) is 0. The Morgan fingerprint density at radius 3 is 1.56 bits per heavy atom. The normalized spacial score (nSPS) is 15.5. The molecule has 0 bridgehead atoms. The van der Waals surface area contributed by atoms with E-state index < -0.39 is 39.8 Å². The predicted molar refractivity (Wildman–Crippen MR) is 96.6 cm³/mol. The Hall–Kier alpha value is -0.760. The summed E-state index contributed by atoms with van der Waals surface area (Å²) < 4.78 is 7.31. The second-order valence-electron chi connectivity index (χ2n) is 6.14. The van der Waals surface area contributed by atoms with Gasteiger partial charge in [0.05, 0.1) is 14.2 Å². The van der Waals surface area contributed by atoms with E-state index in [1.54, 1.807) is 27.7 Å². The summed E-state index contributed by atoms with van der Waals surface area (Å²) >= 11 is 17.7. The third-order valence-corrected chi connectivity index (χ3v) is 4.13. The molecule has 0 saturated carbocycles. The summed E-state index contributed by atoms with van der Waals surface area (Å²) in [5.74, 6) is -2.47. The number of nitrogens with one attached hydrogen (secondary N) is 2. The third kappa shape index (κ3) is 7.56. The van der Waals surface area contributed by atoms with Gasteiger partial charge in [-0.1, -0.05) is 62.5 Å². The van der Waals surface area contributed by atoms with Crippen molar-refractivity contribution in [2.45, 2.75) is 49.6 Å². The quantitative estimate of drug-likeness (QED) is 0.460. The maximum atomic E-state index is 12.6. The number of hydrogen-bond acceptors (Lipinski definition) is 6. The molecule has 0 aliphatic carbocycles. The van der Waals surface area contributed by atoms with Gasteiger partial charge in [0.15, 0.2) is 0 Å². The lowest BCUT2D eigenvalue weighted by Gasteiger charge is -2.31. The van der Waals surface area contributed by atoms with Crippen LogP contribution in [0, 0.1) is 11.8 Å².